The fraction of sp³-hybridized carbons (Fsp3) is 0.381. The predicted octanol–water partition coefficient (Wildman–Crippen LogP) is 8.06. The predicted molar refractivity (Wildman–Crippen MR) is 194 cm³/mol. The zero-order valence-corrected chi connectivity index (χ0v) is 29.7. The van der Waals surface area contributed by atoms with Crippen molar-refractivity contribution in [1.29, 1.82) is 0 Å². The van der Waals surface area contributed by atoms with Crippen molar-refractivity contribution in [1.82, 2.24) is 0 Å². The molecule has 0 N–H and O–H groups in total. The number of benzene rings is 3. The Hall–Kier alpha value is -5.38. The summed E-state index contributed by atoms with van der Waals surface area (Å²) in [5.74, 6) is -0.119. The lowest BCUT2D eigenvalue weighted by molar-refractivity contribution is -0.151. The molecule has 2 aliphatic carbocycles. The smallest absolute Gasteiger partial charge is 0.343 e. The SMILES string of the molecule is C=CC(=O)OCCCCOc1ccc2c(c1)C(C)c1cc(OC(=O)c3ccc(OCCCOC(=O)C(=C)CC(=O)OC4CCCCC4)cc3)ccc1-2. The van der Waals surface area contributed by atoms with Crippen LogP contribution in [0.4, 0.5) is 0 Å². The van der Waals surface area contributed by atoms with Crippen molar-refractivity contribution in [3.63, 3.8) is 0 Å². The first-order chi connectivity index (χ1) is 25.2. The first-order valence-corrected chi connectivity index (χ1v) is 17.9. The standard InChI is InChI=1S/C42H46O10/c1-4-39(43)49-22-9-8-21-48-33-17-19-35-36-20-18-34(27-38(36)29(3)37(35)26-33)52-42(46)30-13-15-31(16-14-30)47-23-10-24-50-41(45)28(2)25-40(44)51-32-11-6-5-7-12-32/h4,13-20,26-27,29,32H,1-2,5-12,21-25H2,3H3. The summed E-state index contributed by atoms with van der Waals surface area (Å²) in [6, 6.07) is 18.4. The van der Waals surface area contributed by atoms with Crippen LogP contribution in [0.1, 0.15) is 92.1 Å². The maximum absolute atomic E-state index is 13.0. The molecule has 0 bridgehead atoms. The van der Waals surface area contributed by atoms with E-state index in [-0.39, 0.29) is 37.2 Å². The molecule has 0 aromatic heterocycles. The summed E-state index contributed by atoms with van der Waals surface area (Å²) in [4.78, 5) is 48.5. The van der Waals surface area contributed by atoms with Crippen molar-refractivity contribution in [3.8, 4) is 28.4 Å². The number of carbonyl (C=O) groups is 4. The van der Waals surface area contributed by atoms with Crippen molar-refractivity contribution in [3.05, 3.63) is 102 Å². The summed E-state index contributed by atoms with van der Waals surface area (Å²) in [5, 5.41) is 0. The second-order valence-electron chi connectivity index (χ2n) is 12.9. The molecule has 5 rings (SSSR count). The molecular formula is C42H46O10. The van der Waals surface area contributed by atoms with Crippen LogP contribution in [0.15, 0.2) is 85.5 Å². The van der Waals surface area contributed by atoms with E-state index < -0.39 is 23.9 Å². The number of hydrogen-bond acceptors (Lipinski definition) is 10. The van der Waals surface area contributed by atoms with Gasteiger partial charge >= 0.3 is 23.9 Å². The second kappa shape index (κ2) is 18.7. The van der Waals surface area contributed by atoms with Gasteiger partial charge in [0, 0.05) is 24.0 Å². The molecule has 1 atom stereocenters. The van der Waals surface area contributed by atoms with Crippen LogP contribution in [0.5, 0.6) is 17.2 Å². The van der Waals surface area contributed by atoms with Crippen LogP contribution in [0.25, 0.3) is 11.1 Å². The van der Waals surface area contributed by atoms with Crippen molar-refractivity contribution in [2.24, 2.45) is 0 Å². The van der Waals surface area contributed by atoms with E-state index in [9.17, 15) is 19.2 Å². The highest BCUT2D eigenvalue weighted by molar-refractivity contribution is 5.93. The largest absolute Gasteiger partial charge is 0.494 e. The van der Waals surface area contributed by atoms with Gasteiger partial charge in [-0.3, -0.25) is 4.79 Å². The molecule has 3 aromatic rings. The van der Waals surface area contributed by atoms with Gasteiger partial charge in [-0.05, 0) is 109 Å². The molecule has 0 spiro atoms. The van der Waals surface area contributed by atoms with Gasteiger partial charge in [-0.25, -0.2) is 14.4 Å². The Morgan fingerprint density at radius 1 is 0.731 bits per heavy atom. The van der Waals surface area contributed by atoms with E-state index in [4.69, 9.17) is 28.4 Å². The van der Waals surface area contributed by atoms with Gasteiger partial charge in [0.25, 0.3) is 0 Å². The number of hydrogen-bond donors (Lipinski definition) is 0. The lowest BCUT2D eigenvalue weighted by atomic mass is 9.98. The van der Waals surface area contributed by atoms with Crippen LogP contribution in [-0.2, 0) is 28.6 Å². The van der Waals surface area contributed by atoms with Crippen LogP contribution >= 0.6 is 0 Å². The summed E-state index contributed by atoms with van der Waals surface area (Å²) in [5.41, 5.74) is 4.86. The number of esters is 4. The molecular weight excluding hydrogens is 664 g/mol. The minimum atomic E-state index is -0.625. The second-order valence-corrected chi connectivity index (χ2v) is 12.9. The van der Waals surface area contributed by atoms with E-state index in [0.717, 1.165) is 72.6 Å². The van der Waals surface area contributed by atoms with Gasteiger partial charge in [0.15, 0.2) is 0 Å². The lowest BCUT2D eigenvalue weighted by Crippen LogP contribution is -2.22. The van der Waals surface area contributed by atoms with E-state index in [1.807, 2.05) is 18.2 Å². The van der Waals surface area contributed by atoms with Gasteiger partial charge in [-0.2, -0.15) is 0 Å². The molecule has 0 aliphatic heterocycles. The van der Waals surface area contributed by atoms with Crippen molar-refractivity contribution in [2.45, 2.75) is 76.7 Å². The molecule has 10 nitrogen and oxygen atoms in total. The van der Waals surface area contributed by atoms with Gasteiger partial charge in [-0.1, -0.05) is 38.6 Å². The third kappa shape index (κ3) is 10.6. The Labute approximate surface area is 304 Å². The minimum Gasteiger partial charge on any atom is -0.494 e. The van der Waals surface area contributed by atoms with Crippen LogP contribution in [0.2, 0.25) is 0 Å². The number of carbonyl (C=O) groups excluding carboxylic acids is 4. The first kappa shape index (κ1) is 37.9. The summed E-state index contributed by atoms with van der Waals surface area (Å²) in [6.07, 6.45) is 7.77. The number of fused-ring (bicyclic) bond motifs is 3. The Morgan fingerprint density at radius 3 is 2.04 bits per heavy atom. The molecule has 0 heterocycles. The van der Waals surface area contributed by atoms with Crippen LogP contribution in [0.3, 0.4) is 0 Å². The molecule has 1 saturated carbocycles. The van der Waals surface area contributed by atoms with Gasteiger partial charge in [-0.15, -0.1) is 0 Å². The van der Waals surface area contributed by atoms with Crippen molar-refractivity contribution < 1.29 is 47.6 Å². The maximum atomic E-state index is 13.0. The van der Waals surface area contributed by atoms with Crippen LogP contribution in [0, 0.1) is 0 Å². The molecule has 0 saturated heterocycles. The molecule has 3 aromatic carbocycles. The number of ether oxygens (including phenoxy) is 6. The van der Waals surface area contributed by atoms with E-state index >= 15 is 0 Å². The zero-order valence-electron chi connectivity index (χ0n) is 29.7. The van der Waals surface area contributed by atoms with Crippen molar-refractivity contribution in [2.75, 3.05) is 26.4 Å². The topological polar surface area (TPSA) is 124 Å². The quantitative estimate of drug-likeness (QED) is 0.0421. The van der Waals surface area contributed by atoms with E-state index in [2.05, 4.69) is 32.2 Å². The van der Waals surface area contributed by atoms with Gasteiger partial charge < -0.3 is 28.4 Å². The first-order valence-electron chi connectivity index (χ1n) is 17.9. The average molecular weight is 711 g/mol. The maximum Gasteiger partial charge on any atom is 0.343 e. The van der Waals surface area contributed by atoms with Crippen LogP contribution < -0.4 is 14.2 Å². The summed E-state index contributed by atoms with van der Waals surface area (Å²) in [7, 11) is 0. The highest BCUT2D eigenvalue weighted by Crippen LogP contribution is 2.47. The zero-order chi connectivity index (χ0) is 36.9. The summed E-state index contributed by atoms with van der Waals surface area (Å²) < 4.78 is 33.1. The summed E-state index contributed by atoms with van der Waals surface area (Å²) in [6.45, 7) is 10.4. The van der Waals surface area contributed by atoms with Gasteiger partial charge in [0.05, 0.1) is 38.4 Å². The van der Waals surface area contributed by atoms with E-state index in [0.29, 0.717) is 43.1 Å². The molecule has 2 aliphatic rings. The monoisotopic (exact) mass is 710 g/mol. The molecule has 10 heteroatoms. The minimum absolute atomic E-state index is 0.0685. The van der Waals surface area contributed by atoms with Crippen LogP contribution in [-0.4, -0.2) is 56.4 Å². The number of rotatable bonds is 18. The van der Waals surface area contributed by atoms with Gasteiger partial charge in [0.1, 0.15) is 23.4 Å². The highest BCUT2D eigenvalue weighted by atomic mass is 16.6. The fourth-order valence-electron chi connectivity index (χ4n) is 6.26. The number of unbranched alkanes of at least 4 members (excludes halogenated alkanes) is 1. The van der Waals surface area contributed by atoms with Gasteiger partial charge in [0.2, 0.25) is 0 Å². The lowest BCUT2D eigenvalue weighted by Gasteiger charge is -2.21. The third-order valence-corrected chi connectivity index (χ3v) is 9.08. The Balaban J connectivity index is 1.02. The Kier molecular flexibility index (Phi) is 13.6. The Bertz CT molecular complexity index is 1750. The molecule has 52 heavy (non-hydrogen) atoms. The highest BCUT2D eigenvalue weighted by Gasteiger charge is 2.27. The molecule has 0 radical (unpaired) electrons. The van der Waals surface area contributed by atoms with Crippen molar-refractivity contribution >= 4 is 23.9 Å². The molecule has 0 amide bonds. The molecule has 1 fully saturated rings. The Morgan fingerprint density at radius 2 is 1.33 bits per heavy atom. The average Bonchev–Trinajstić information content (AvgIpc) is 3.43. The summed E-state index contributed by atoms with van der Waals surface area (Å²) >= 11 is 0. The third-order valence-electron chi connectivity index (χ3n) is 9.08. The fourth-order valence-corrected chi connectivity index (χ4v) is 6.26. The molecule has 274 valence electrons. The van der Waals surface area contributed by atoms with E-state index in [1.54, 1.807) is 30.3 Å². The normalized spacial score (nSPS) is 14.7. The molecule has 1 unspecified atom stereocenters. The van der Waals surface area contributed by atoms with E-state index in [1.165, 1.54) is 0 Å².